The van der Waals surface area contributed by atoms with Crippen molar-refractivity contribution in [2.45, 2.75) is 37.5 Å². The molecule has 0 aliphatic carbocycles. The second-order valence-corrected chi connectivity index (χ2v) is 14.6. The van der Waals surface area contributed by atoms with Gasteiger partial charge < -0.3 is 8.61 Å². The van der Waals surface area contributed by atoms with E-state index in [9.17, 15) is 34.4 Å². The Hall–Kier alpha value is -4.49. The average molecular weight is 799 g/mol. The van der Waals surface area contributed by atoms with Crippen molar-refractivity contribution >= 4 is 31.4 Å². The van der Waals surface area contributed by atoms with Crippen LogP contribution in [-0.2, 0) is 41.8 Å². The minimum atomic E-state index is -3.91. The second kappa shape index (κ2) is 21.3. The zero-order valence-corrected chi connectivity index (χ0v) is 32.7. The van der Waals surface area contributed by atoms with Crippen molar-refractivity contribution in [1.29, 1.82) is 0 Å². The average Bonchev–Trinajstić information content (AvgIpc) is 3.89. The third kappa shape index (κ3) is 12.9. The van der Waals surface area contributed by atoms with Crippen LogP contribution in [0.2, 0.25) is 0 Å². The van der Waals surface area contributed by atoms with Gasteiger partial charge in [-0.15, -0.1) is 36.4 Å². The minimum Gasteiger partial charge on any atom is -0.317 e. The maximum absolute atomic E-state index is 13.8. The third-order valence-electron chi connectivity index (χ3n) is 7.12. The number of sulfonamides is 2. The topological polar surface area (TPSA) is 74.8 Å². The summed E-state index contributed by atoms with van der Waals surface area (Å²) < 4.78 is 105. The fourth-order valence-electron chi connectivity index (χ4n) is 4.51. The monoisotopic (exact) mass is 798 g/mol. The molecule has 0 bridgehead atoms. The molecule has 0 heterocycles. The van der Waals surface area contributed by atoms with Gasteiger partial charge >= 0.3 is 21.7 Å². The normalized spacial score (nSPS) is 10.6. The molecule has 6 aromatic carbocycles. The molecule has 53 heavy (non-hydrogen) atoms. The molecule has 0 amide bonds. The molecule has 0 radical (unpaired) electrons. The van der Waals surface area contributed by atoms with E-state index in [1.165, 1.54) is 24.3 Å². The largest absolute Gasteiger partial charge is 4.00 e. The Kier molecular flexibility index (Phi) is 17.9. The van der Waals surface area contributed by atoms with Gasteiger partial charge in [0.05, 0.1) is 9.79 Å². The van der Waals surface area contributed by atoms with E-state index in [0.717, 1.165) is 44.0 Å². The Morgan fingerprint density at radius 1 is 0.528 bits per heavy atom. The summed E-state index contributed by atoms with van der Waals surface area (Å²) in [7, 11) is -7.81. The van der Waals surface area contributed by atoms with E-state index < -0.39 is 43.3 Å². The number of rotatable bonds is 8. The van der Waals surface area contributed by atoms with Gasteiger partial charge in [0.1, 0.15) is 0 Å². The van der Waals surface area contributed by atoms with Crippen LogP contribution >= 0.6 is 0 Å². The second-order valence-electron chi connectivity index (χ2n) is 10.9. The smallest absolute Gasteiger partial charge is 0.317 e. The fraction of sp³-hybridized carbons (Fsp3) is 0.150. The van der Waals surface area contributed by atoms with E-state index in [1.807, 2.05) is 86.6 Å². The first-order chi connectivity index (χ1) is 24.7. The van der Waals surface area contributed by atoms with Crippen LogP contribution in [0.5, 0.6) is 0 Å². The maximum atomic E-state index is 13.8. The molecule has 6 aromatic rings. The van der Waals surface area contributed by atoms with E-state index in [1.54, 1.807) is 38.1 Å². The molecule has 6 nitrogen and oxygen atoms in total. The van der Waals surface area contributed by atoms with Crippen molar-refractivity contribution < 1.29 is 56.1 Å². The molecule has 0 saturated carbocycles. The van der Waals surface area contributed by atoms with Gasteiger partial charge in [0, 0.05) is 36.4 Å². The first kappa shape index (κ1) is 44.7. The Morgan fingerprint density at radius 2 is 0.830 bits per heavy atom. The number of nitrogens with zero attached hydrogens (tertiary/aromatic N) is 2. The van der Waals surface area contributed by atoms with Gasteiger partial charge in [-0.25, -0.2) is 58.7 Å². The summed E-state index contributed by atoms with van der Waals surface area (Å²) in [5, 5.41) is 0. The van der Waals surface area contributed by atoms with Crippen molar-refractivity contribution in [3.05, 3.63) is 180 Å². The Bertz CT molecular complexity index is 1970. The van der Waals surface area contributed by atoms with Crippen LogP contribution in [0.25, 0.3) is 0 Å². The van der Waals surface area contributed by atoms with E-state index in [0.29, 0.717) is 0 Å². The van der Waals surface area contributed by atoms with Gasteiger partial charge in [-0.1, -0.05) is 35.4 Å². The molecule has 0 saturated heterocycles. The first-order valence-corrected chi connectivity index (χ1v) is 18.9. The third-order valence-corrected chi connectivity index (χ3v) is 10.9. The Morgan fingerprint density at radius 3 is 1.06 bits per heavy atom. The van der Waals surface area contributed by atoms with Crippen molar-refractivity contribution in [3.8, 4) is 0 Å². The number of anilines is 2. The molecule has 0 N–H and O–H groups in total. The maximum Gasteiger partial charge on any atom is 4.00 e. The SMILES string of the molecule is CCN(c1ccc(F)[c-]c1F)S(=O)(=O)c1ccc(C)cc1.CCN(c1ccc(F)[c-]c1F)S(=O)(=O)c1ccc(C)cc1.[Ti+4].c1cc[cH-]c1.c1cc[cH-]c1. The molecule has 0 atom stereocenters. The van der Waals surface area contributed by atoms with E-state index >= 15 is 0 Å². The molecule has 0 spiro atoms. The van der Waals surface area contributed by atoms with Gasteiger partial charge in [0.25, 0.3) is 20.0 Å². The summed E-state index contributed by atoms with van der Waals surface area (Å²) in [6.45, 7) is 6.87. The molecule has 0 aromatic heterocycles. The van der Waals surface area contributed by atoms with Crippen LogP contribution in [0.3, 0.4) is 0 Å². The molecular formula is C40H38F4N2O4S2Ti. The van der Waals surface area contributed by atoms with E-state index in [-0.39, 0.29) is 56.0 Å². The number of halogens is 4. The van der Waals surface area contributed by atoms with E-state index in [4.69, 9.17) is 0 Å². The molecule has 6 rings (SSSR count). The Labute approximate surface area is 325 Å². The summed E-state index contributed by atoms with van der Waals surface area (Å²) in [5.41, 5.74) is 1.38. The zero-order chi connectivity index (χ0) is 38.3. The molecular weight excluding hydrogens is 760 g/mol. The van der Waals surface area contributed by atoms with E-state index in [2.05, 4.69) is 0 Å². The molecule has 0 unspecified atom stereocenters. The number of hydrogen-bond donors (Lipinski definition) is 0. The van der Waals surface area contributed by atoms with Crippen LogP contribution in [0.15, 0.2) is 143 Å². The van der Waals surface area contributed by atoms with Crippen molar-refractivity contribution in [3.63, 3.8) is 0 Å². The number of aryl methyl sites for hydroxylation is 2. The molecule has 0 aliphatic heterocycles. The molecule has 0 fully saturated rings. The predicted molar refractivity (Wildman–Crippen MR) is 197 cm³/mol. The molecule has 0 aliphatic rings. The summed E-state index contributed by atoms with van der Waals surface area (Å²) in [5.74, 6) is -3.82. The molecule has 276 valence electrons. The number of hydrogen-bond acceptors (Lipinski definition) is 4. The Balaban J connectivity index is 0.000000285. The van der Waals surface area contributed by atoms with Gasteiger partial charge in [-0.05, 0) is 63.3 Å². The van der Waals surface area contributed by atoms with Crippen LogP contribution in [0.4, 0.5) is 28.9 Å². The quantitative estimate of drug-likeness (QED) is 0.0875. The number of benzene rings is 4. The minimum absolute atomic E-state index is 0. The van der Waals surface area contributed by atoms with Gasteiger partial charge in [0.2, 0.25) is 0 Å². The predicted octanol–water partition coefficient (Wildman–Crippen LogP) is 9.39. The zero-order valence-electron chi connectivity index (χ0n) is 29.5. The van der Waals surface area contributed by atoms with Gasteiger partial charge in [-0.3, -0.25) is 0 Å². The fourth-order valence-corrected chi connectivity index (χ4v) is 7.46. The standard InChI is InChI=1S/2C15H14F2NO2S.2C5H5.Ti/c2*1-3-18(15-9-6-12(16)10-14(15)17)21(19,20)13-7-4-11(2)5-8-13;2*1-2-4-5-3-1;/h2*4-9H,3H2,1-2H3;2*1-5H;/q4*-1;+4. The van der Waals surface area contributed by atoms with Crippen LogP contribution in [0.1, 0.15) is 25.0 Å². The summed E-state index contributed by atoms with van der Waals surface area (Å²) in [6.07, 6.45) is 0. The molecule has 13 heteroatoms. The summed E-state index contributed by atoms with van der Waals surface area (Å²) in [6, 6.07) is 40.3. The van der Waals surface area contributed by atoms with Crippen LogP contribution in [0, 0.1) is 49.2 Å². The van der Waals surface area contributed by atoms with Gasteiger partial charge in [0.15, 0.2) is 0 Å². The van der Waals surface area contributed by atoms with Gasteiger partial charge in [-0.2, -0.15) is 36.4 Å². The van der Waals surface area contributed by atoms with Crippen LogP contribution in [-0.4, -0.2) is 29.9 Å². The first-order valence-electron chi connectivity index (χ1n) is 16.0. The van der Waals surface area contributed by atoms with Crippen molar-refractivity contribution in [1.82, 2.24) is 0 Å². The van der Waals surface area contributed by atoms with Crippen LogP contribution < -0.4 is 8.61 Å². The summed E-state index contributed by atoms with van der Waals surface area (Å²) in [4.78, 5) is 0.109. The summed E-state index contributed by atoms with van der Waals surface area (Å²) >= 11 is 0. The van der Waals surface area contributed by atoms with Crippen molar-refractivity contribution in [2.75, 3.05) is 21.7 Å². The van der Waals surface area contributed by atoms with Crippen molar-refractivity contribution in [2.24, 2.45) is 0 Å².